The topological polar surface area (TPSA) is 100 Å². The van der Waals surface area contributed by atoms with Crippen LogP contribution in [0.5, 0.6) is 0 Å². The van der Waals surface area contributed by atoms with E-state index in [0.29, 0.717) is 13.0 Å². The molecule has 1 unspecified atom stereocenters. The molecular formula is C21H25BN4O3. The summed E-state index contributed by atoms with van der Waals surface area (Å²) in [4.78, 5) is 12.3. The van der Waals surface area contributed by atoms with Crippen molar-refractivity contribution in [2.45, 2.75) is 38.7 Å². The van der Waals surface area contributed by atoms with Crippen LogP contribution in [-0.2, 0) is 24.2 Å². The third kappa shape index (κ3) is 6.00. The van der Waals surface area contributed by atoms with Crippen molar-refractivity contribution in [3.63, 3.8) is 0 Å². The molecule has 0 aliphatic rings. The third-order valence-corrected chi connectivity index (χ3v) is 4.74. The summed E-state index contributed by atoms with van der Waals surface area (Å²) in [5.41, 5.74) is 3.82. The van der Waals surface area contributed by atoms with Gasteiger partial charge in [0.25, 0.3) is 0 Å². The molecule has 3 rings (SSSR count). The van der Waals surface area contributed by atoms with Crippen molar-refractivity contribution in [2.24, 2.45) is 0 Å². The summed E-state index contributed by atoms with van der Waals surface area (Å²) in [5.74, 6) is -1.04. The van der Waals surface area contributed by atoms with Crippen molar-refractivity contribution < 1.29 is 14.8 Å². The van der Waals surface area contributed by atoms with Crippen molar-refractivity contribution in [1.82, 2.24) is 20.3 Å². The van der Waals surface area contributed by atoms with E-state index in [2.05, 4.69) is 22.6 Å². The minimum atomic E-state index is -1.64. The number of carbonyl (C=O) groups excluding carboxylic acids is 1. The van der Waals surface area contributed by atoms with Crippen LogP contribution in [0.1, 0.15) is 24.5 Å². The molecule has 0 radical (unpaired) electrons. The number of nitrogens with zero attached hydrogens (tertiary/aromatic N) is 3. The van der Waals surface area contributed by atoms with Crippen LogP contribution in [0.15, 0.2) is 60.8 Å². The number of hydrogen-bond acceptors (Lipinski definition) is 5. The lowest BCUT2D eigenvalue weighted by Gasteiger charge is -2.18. The van der Waals surface area contributed by atoms with Gasteiger partial charge in [0.1, 0.15) is 5.69 Å². The van der Waals surface area contributed by atoms with Crippen molar-refractivity contribution in [1.29, 1.82) is 0 Å². The normalized spacial score (nSPS) is 11.8. The fourth-order valence-corrected chi connectivity index (χ4v) is 3.11. The monoisotopic (exact) mass is 392 g/mol. The first-order valence-electron chi connectivity index (χ1n) is 9.74. The summed E-state index contributed by atoms with van der Waals surface area (Å²) in [6, 6.07) is 17.6. The maximum Gasteiger partial charge on any atom is 0.475 e. The van der Waals surface area contributed by atoms with E-state index in [1.807, 2.05) is 54.6 Å². The van der Waals surface area contributed by atoms with E-state index in [4.69, 9.17) is 0 Å². The molecule has 1 amide bonds. The van der Waals surface area contributed by atoms with Gasteiger partial charge in [0.15, 0.2) is 0 Å². The second-order valence-electron chi connectivity index (χ2n) is 6.95. The molecule has 8 heteroatoms. The molecule has 0 aliphatic carbocycles. The number of rotatable bonds is 9. The fraction of sp³-hybridized carbons (Fsp3) is 0.286. The first-order chi connectivity index (χ1) is 14.0. The van der Waals surface area contributed by atoms with Crippen LogP contribution in [0.3, 0.4) is 0 Å². The molecule has 0 saturated carbocycles. The van der Waals surface area contributed by atoms with Gasteiger partial charge in [-0.05, 0) is 24.0 Å². The fourth-order valence-electron chi connectivity index (χ4n) is 3.11. The number of aromatic nitrogens is 3. The highest BCUT2D eigenvalue weighted by Crippen LogP contribution is 2.15. The Balaban J connectivity index is 1.55. The number of aryl methyl sites for hydroxylation is 2. The maximum absolute atomic E-state index is 12.3. The highest BCUT2D eigenvalue weighted by Gasteiger charge is 2.25. The second-order valence-corrected chi connectivity index (χ2v) is 6.95. The lowest BCUT2D eigenvalue weighted by atomic mass is 9.75. The maximum atomic E-state index is 12.3. The first-order valence-corrected chi connectivity index (χ1v) is 9.74. The van der Waals surface area contributed by atoms with E-state index in [1.54, 1.807) is 10.9 Å². The molecule has 2 aromatic carbocycles. The van der Waals surface area contributed by atoms with Crippen LogP contribution in [-0.4, -0.2) is 44.0 Å². The Kier molecular flexibility index (Phi) is 7.16. The Morgan fingerprint density at radius 2 is 1.90 bits per heavy atom. The molecule has 1 heterocycles. The molecule has 29 heavy (non-hydrogen) atoms. The molecule has 0 aliphatic heterocycles. The molecule has 0 bridgehead atoms. The average Bonchev–Trinajstić information content (AvgIpc) is 3.21. The van der Waals surface area contributed by atoms with Gasteiger partial charge in [-0.3, -0.25) is 9.48 Å². The Morgan fingerprint density at radius 1 is 1.14 bits per heavy atom. The van der Waals surface area contributed by atoms with Gasteiger partial charge in [0.05, 0.1) is 18.7 Å². The van der Waals surface area contributed by atoms with E-state index < -0.39 is 13.1 Å². The molecule has 3 aromatic rings. The minimum Gasteiger partial charge on any atom is -0.426 e. The van der Waals surface area contributed by atoms with Crippen LogP contribution in [0, 0.1) is 0 Å². The predicted octanol–water partition coefficient (Wildman–Crippen LogP) is 1.64. The number of hydrogen-bond donors (Lipinski definition) is 3. The smallest absolute Gasteiger partial charge is 0.426 e. The van der Waals surface area contributed by atoms with Gasteiger partial charge in [-0.15, -0.1) is 5.10 Å². The van der Waals surface area contributed by atoms with Gasteiger partial charge < -0.3 is 15.4 Å². The molecule has 1 atom stereocenters. The standard InChI is InChI=1S/C21H25BN4O3/c1-2-16-7-6-8-17(13-16)14-20(22(28)29)23-21(27)11-12-26-15-19(24-25-26)18-9-4-3-5-10-18/h3-10,13,15,20,28-29H,2,11-12,14H2,1H3,(H,23,27). The van der Waals surface area contributed by atoms with E-state index in [-0.39, 0.29) is 12.3 Å². The number of carbonyl (C=O) groups is 1. The van der Waals surface area contributed by atoms with E-state index >= 15 is 0 Å². The van der Waals surface area contributed by atoms with E-state index in [0.717, 1.165) is 23.2 Å². The zero-order valence-electron chi connectivity index (χ0n) is 16.4. The van der Waals surface area contributed by atoms with Crippen LogP contribution in [0.4, 0.5) is 0 Å². The van der Waals surface area contributed by atoms with Crippen LogP contribution in [0.2, 0.25) is 0 Å². The van der Waals surface area contributed by atoms with Gasteiger partial charge in [-0.1, -0.05) is 66.7 Å². The summed E-state index contributed by atoms with van der Waals surface area (Å²) < 4.78 is 1.61. The third-order valence-electron chi connectivity index (χ3n) is 4.74. The number of amides is 1. The van der Waals surface area contributed by atoms with Crippen LogP contribution >= 0.6 is 0 Å². The average molecular weight is 392 g/mol. The molecule has 3 N–H and O–H groups in total. The summed E-state index contributed by atoms with van der Waals surface area (Å²) in [5, 5.41) is 30.2. The minimum absolute atomic E-state index is 0.163. The van der Waals surface area contributed by atoms with Crippen LogP contribution < -0.4 is 5.32 Å². The van der Waals surface area contributed by atoms with Gasteiger partial charge in [0, 0.05) is 12.0 Å². The molecule has 150 valence electrons. The summed E-state index contributed by atoms with van der Waals surface area (Å²) in [6.45, 7) is 2.41. The lowest BCUT2D eigenvalue weighted by molar-refractivity contribution is -0.121. The Hall–Kier alpha value is -2.97. The molecule has 7 nitrogen and oxygen atoms in total. The van der Waals surface area contributed by atoms with Crippen molar-refractivity contribution in [2.75, 3.05) is 0 Å². The van der Waals surface area contributed by atoms with Crippen molar-refractivity contribution >= 4 is 13.0 Å². The van der Waals surface area contributed by atoms with Gasteiger partial charge in [0.2, 0.25) is 5.91 Å². The van der Waals surface area contributed by atoms with Crippen molar-refractivity contribution in [3.05, 3.63) is 71.9 Å². The van der Waals surface area contributed by atoms with E-state index in [9.17, 15) is 14.8 Å². The van der Waals surface area contributed by atoms with Gasteiger partial charge in [-0.25, -0.2) is 0 Å². The Labute approximate surface area is 170 Å². The SMILES string of the molecule is CCc1cccc(CC(NC(=O)CCn2cc(-c3ccccc3)nn2)B(O)O)c1. The first kappa shape index (κ1) is 20.8. The van der Waals surface area contributed by atoms with Crippen LogP contribution in [0.25, 0.3) is 11.3 Å². The zero-order valence-corrected chi connectivity index (χ0v) is 16.4. The summed E-state index contributed by atoms with van der Waals surface area (Å²) in [7, 11) is -1.64. The summed E-state index contributed by atoms with van der Waals surface area (Å²) >= 11 is 0. The predicted molar refractivity (Wildman–Crippen MR) is 112 cm³/mol. The Bertz CT molecular complexity index is 930. The van der Waals surface area contributed by atoms with Gasteiger partial charge in [-0.2, -0.15) is 0 Å². The summed E-state index contributed by atoms with van der Waals surface area (Å²) in [6.07, 6.45) is 3.20. The van der Waals surface area contributed by atoms with E-state index in [1.165, 1.54) is 5.56 Å². The molecule has 1 aromatic heterocycles. The Morgan fingerprint density at radius 3 is 2.62 bits per heavy atom. The van der Waals surface area contributed by atoms with Gasteiger partial charge >= 0.3 is 7.12 Å². The molecule has 0 saturated heterocycles. The number of benzene rings is 2. The zero-order chi connectivity index (χ0) is 20.6. The largest absolute Gasteiger partial charge is 0.475 e. The number of nitrogens with one attached hydrogen (secondary N) is 1. The van der Waals surface area contributed by atoms with Crippen molar-refractivity contribution in [3.8, 4) is 11.3 Å². The highest BCUT2D eigenvalue weighted by atomic mass is 16.4. The molecule has 0 spiro atoms. The quantitative estimate of drug-likeness (QED) is 0.481. The second kappa shape index (κ2) is 10.00. The molecule has 0 fully saturated rings. The lowest BCUT2D eigenvalue weighted by Crippen LogP contribution is -2.48. The highest BCUT2D eigenvalue weighted by molar-refractivity contribution is 6.43. The molecular weight excluding hydrogens is 367 g/mol.